The Hall–Kier alpha value is -0.940. The number of pyridine rings is 1. The summed E-state index contributed by atoms with van der Waals surface area (Å²) in [4.78, 5) is 7.27. The van der Waals surface area contributed by atoms with Crippen molar-refractivity contribution in [3.8, 4) is 0 Å². The van der Waals surface area contributed by atoms with E-state index in [0.29, 0.717) is 16.8 Å². The quantitative estimate of drug-likeness (QED) is 0.845. The molecule has 5 heteroatoms. The van der Waals surface area contributed by atoms with Crippen LogP contribution in [-0.2, 0) is 6.54 Å². The molecule has 0 fully saturated rings. The van der Waals surface area contributed by atoms with Crippen molar-refractivity contribution in [2.45, 2.75) is 13.5 Å². The van der Waals surface area contributed by atoms with E-state index in [2.05, 4.69) is 20.9 Å². The van der Waals surface area contributed by atoms with Gasteiger partial charge in [0.15, 0.2) is 11.6 Å². The Morgan fingerprint density at radius 2 is 2.35 bits per heavy atom. The first-order chi connectivity index (χ1) is 8.20. The topological polar surface area (TPSA) is 16.1 Å². The van der Waals surface area contributed by atoms with Gasteiger partial charge in [-0.25, -0.2) is 9.37 Å². The lowest BCUT2D eigenvalue weighted by molar-refractivity contribution is 0.609. The Morgan fingerprint density at radius 3 is 2.94 bits per heavy atom. The van der Waals surface area contributed by atoms with E-state index < -0.39 is 0 Å². The van der Waals surface area contributed by atoms with E-state index in [1.165, 1.54) is 10.9 Å². The molecule has 0 amide bonds. The minimum Gasteiger partial charge on any atom is -0.349 e. The highest BCUT2D eigenvalue weighted by Gasteiger charge is 2.12. The summed E-state index contributed by atoms with van der Waals surface area (Å²) >= 11 is 4.88. The summed E-state index contributed by atoms with van der Waals surface area (Å²) in [5.74, 6) is 0.113. The van der Waals surface area contributed by atoms with Crippen LogP contribution in [0.1, 0.15) is 11.8 Å². The summed E-state index contributed by atoms with van der Waals surface area (Å²) in [5.41, 5.74) is 0. The molecule has 2 aromatic heterocycles. The lowest BCUT2D eigenvalue weighted by atomic mass is 10.3. The van der Waals surface area contributed by atoms with Crippen molar-refractivity contribution in [2.75, 3.05) is 11.4 Å². The Bertz CT molecular complexity index is 487. The van der Waals surface area contributed by atoms with Gasteiger partial charge >= 0.3 is 0 Å². The van der Waals surface area contributed by atoms with Gasteiger partial charge in [-0.15, -0.1) is 11.3 Å². The van der Waals surface area contributed by atoms with Gasteiger partial charge in [-0.2, -0.15) is 0 Å². The number of hydrogen-bond donors (Lipinski definition) is 0. The van der Waals surface area contributed by atoms with Crippen LogP contribution in [0.5, 0.6) is 0 Å². The summed E-state index contributed by atoms with van der Waals surface area (Å²) in [6.07, 6.45) is 1.62. The first kappa shape index (κ1) is 12.5. The molecule has 90 valence electrons. The lowest BCUT2D eigenvalue weighted by Crippen LogP contribution is -2.23. The van der Waals surface area contributed by atoms with Crippen molar-refractivity contribution in [2.24, 2.45) is 0 Å². The number of nitrogens with zero attached hydrogens (tertiary/aromatic N) is 2. The van der Waals surface area contributed by atoms with E-state index in [1.54, 1.807) is 17.5 Å². The molecule has 0 aliphatic rings. The third-order valence-electron chi connectivity index (χ3n) is 2.40. The summed E-state index contributed by atoms with van der Waals surface area (Å²) < 4.78 is 14.4. The van der Waals surface area contributed by atoms with Crippen LogP contribution < -0.4 is 4.90 Å². The molecular weight excluding hydrogens is 303 g/mol. The zero-order chi connectivity index (χ0) is 12.3. The van der Waals surface area contributed by atoms with Crippen LogP contribution >= 0.6 is 27.3 Å². The average molecular weight is 315 g/mol. The largest absolute Gasteiger partial charge is 0.349 e. The monoisotopic (exact) mass is 314 g/mol. The Labute approximate surface area is 112 Å². The highest BCUT2D eigenvalue weighted by atomic mass is 79.9. The van der Waals surface area contributed by atoms with E-state index in [0.717, 1.165) is 6.54 Å². The van der Waals surface area contributed by atoms with Crippen LogP contribution in [0.25, 0.3) is 0 Å². The number of hydrogen-bond acceptors (Lipinski definition) is 3. The summed E-state index contributed by atoms with van der Waals surface area (Å²) in [6.45, 7) is 3.42. The van der Waals surface area contributed by atoms with Gasteiger partial charge in [0, 0.05) is 22.1 Å². The molecule has 0 aromatic carbocycles. The normalized spacial score (nSPS) is 10.5. The van der Waals surface area contributed by atoms with Gasteiger partial charge in [0.25, 0.3) is 0 Å². The van der Waals surface area contributed by atoms with Crippen LogP contribution in [0.3, 0.4) is 0 Å². The van der Waals surface area contributed by atoms with Gasteiger partial charge in [-0.05, 0) is 40.4 Å². The molecule has 0 aliphatic carbocycles. The van der Waals surface area contributed by atoms with E-state index >= 15 is 0 Å². The Kier molecular flexibility index (Phi) is 4.12. The molecule has 0 bridgehead atoms. The molecule has 0 unspecified atom stereocenters. The summed E-state index contributed by atoms with van der Waals surface area (Å²) in [7, 11) is 0. The van der Waals surface area contributed by atoms with Crippen molar-refractivity contribution in [3.05, 3.63) is 44.9 Å². The predicted molar refractivity (Wildman–Crippen MR) is 72.9 cm³/mol. The molecule has 17 heavy (non-hydrogen) atoms. The number of anilines is 1. The van der Waals surface area contributed by atoms with E-state index in [9.17, 15) is 4.39 Å². The van der Waals surface area contributed by atoms with Gasteiger partial charge < -0.3 is 4.90 Å². The van der Waals surface area contributed by atoms with Crippen LogP contribution in [0.4, 0.5) is 10.2 Å². The second-order valence-electron chi connectivity index (χ2n) is 3.55. The number of aromatic nitrogens is 1. The molecule has 0 spiro atoms. The molecular formula is C12H12BrFN2S. The fourth-order valence-electron chi connectivity index (χ4n) is 1.57. The highest BCUT2D eigenvalue weighted by molar-refractivity contribution is 9.10. The molecule has 0 aliphatic heterocycles. The smallest absolute Gasteiger partial charge is 0.166 e. The van der Waals surface area contributed by atoms with Gasteiger partial charge in [0.1, 0.15) is 0 Å². The first-order valence-corrected chi connectivity index (χ1v) is 6.96. The second-order valence-corrected chi connectivity index (χ2v) is 5.50. The van der Waals surface area contributed by atoms with E-state index in [4.69, 9.17) is 0 Å². The maximum atomic E-state index is 13.8. The number of thiophene rings is 1. The third kappa shape index (κ3) is 3.04. The fourth-order valence-corrected chi connectivity index (χ4v) is 2.59. The molecule has 0 atom stereocenters. The molecule has 0 saturated heterocycles. The zero-order valence-electron chi connectivity index (χ0n) is 9.36. The number of halogens is 2. The van der Waals surface area contributed by atoms with Gasteiger partial charge in [0.2, 0.25) is 0 Å². The predicted octanol–water partition coefficient (Wildman–Crippen LogP) is 4.07. The van der Waals surface area contributed by atoms with Crippen molar-refractivity contribution < 1.29 is 4.39 Å². The maximum Gasteiger partial charge on any atom is 0.166 e. The van der Waals surface area contributed by atoms with Crippen LogP contribution in [0.15, 0.2) is 34.2 Å². The standard InChI is InChI=1S/C12H12BrFN2S/c1-2-16(8-10-4-3-5-17-10)12-11(14)6-9(13)7-15-12/h3-7H,2,8H2,1H3. The van der Waals surface area contributed by atoms with Crippen LogP contribution in [0, 0.1) is 5.82 Å². The third-order valence-corrected chi connectivity index (χ3v) is 3.69. The van der Waals surface area contributed by atoms with Gasteiger partial charge in [-0.1, -0.05) is 6.07 Å². The minimum atomic E-state index is -0.294. The van der Waals surface area contributed by atoms with Crippen molar-refractivity contribution in [1.29, 1.82) is 0 Å². The Morgan fingerprint density at radius 1 is 1.53 bits per heavy atom. The van der Waals surface area contributed by atoms with Crippen LogP contribution in [-0.4, -0.2) is 11.5 Å². The SMILES string of the molecule is CCN(Cc1cccs1)c1ncc(Br)cc1F. The molecule has 0 radical (unpaired) electrons. The Balaban J connectivity index is 2.23. The minimum absolute atomic E-state index is 0.294. The molecule has 0 N–H and O–H groups in total. The summed E-state index contributed by atoms with van der Waals surface area (Å²) in [6, 6.07) is 5.49. The van der Waals surface area contributed by atoms with Gasteiger partial charge in [0.05, 0.1) is 6.54 Å². The summed E-state index contributed by atoms with van der Waals surface area (Å²) in [5, 5.41) is 2.02. The zero-order valence-corrected chi connectivity index (χ0v) is 11.8. The van der Waals surface area contributed by atoms with E-state index in [1.807, 2.05) is 29.3 Å². The maximum absolute atomic E-state index is 13.8. The van der Waals surface area contributed by atoms with Crippen molar-refractivity contribution >= 4 is 33.1 Å². The molecule has 2 rings (SSSR count). The molecule has 2 nitrogen and oxygen atoms in total. The molecule has 0 saturated carbocycles. The molecule has 2 aromatic rings. The van der Waals surface area contributed by atoms with Crippen LogP contribution in [0.2, 0.25) is 0 Å². The first-order valence-electron chi connectivity index (χ1n) is 5.29. The van der Waals surface area contributed by atoms with Crippen molar-refractivity contribution in [1.82, 2.24) is 4.98 Å². The fraction of sp³-hybridized carbons (Fsp3) is 0.250. The second kappa shape index (κ2) is 5.60. The van der Waals surface area contributed by atoms with E-state index in [-0.39, 0.29) is 5.82 Å². The average Bonchev–Trinajstić information content (AvgIpc) is 2.79. The highest BCUT2D eigenvalue weighted by Crippen LogP contribution is 2.22. The lowest BCUT2D eigenvalue weighted by Gasteiger charge is -2.21. The van der Waals surface area contributed by atoms with Gasteiger partial charge in [-0.3, -0.25) is 0 Å². The number of rotatable bonds is 4. The van der Waals surface area contributed by atoms with Crippen molar-refractivity contribution in [3.63, 3.8) is 0 Å². The molecule has 2 heterocycles.